The molecule has 1 N–H and O–H groups in total. The molecule has 0 spiro atoms. The number of H-pyrrole nitrogens is 1. The molecule has 0 radical (unpaired) electrons. The number of rotatable bonds is 7. The van der Waals surface area contributed by atoms with Gasteiger partial charge in [0.15, 0.2) is 11.5 Å². The molecule has 7 heteroatoms. The fourth-order valence-corrected chi connectivity index (χ4v) is 1.81. The standard InChI is InChI=1S/C14H18N4O2S/c1-3-4-7-20-12-6-5-11(8-13(12)19-2)9-16-18-10-15-17-14(18)21/h5-6,8-10H,3-4,7H2,1-2H3,(H,17,21)/b16-9+. The maximum absolute atomic E-state index is 5.69. The van der Waals surface area contributed by atoms with Gasteiger partial charge in [-0.15, -0.1) is 0 Å². The number of benzene rings is 1. The highest BCUT2D eigenvalue weighted by atomic mass is 32.1. The van der Waals surface area contributed by atoms with Crippen molar-refractivity contribution in [3.63, 3.8) is 0 Å². The number of hydrogen-bond donors (Lipinski definition) is 1. The Labute approximate surface area is 128 Å². The van der Waals surface area contributed by atoms with Crippen LogP contribution in [-0.2, 0) is 0 Å². The highest BCUT2D eigenvalue weighted by Crippen LogP contribution is 2.27. The lowest BCUT2D eigenvalue weighted by Gasteiger charge is -2.10. The molecule has 112 valence electrons. The zero-order chi connectivity index (χ0) is 15.1. The van der Waals surface area contributed by atoms with Crippen molar-refractivity contribution in [1.82, 2.24) is 14.9 Å². The molecular weight excluding hydrogens is 288 g/mol. The Kier molecular flexibility index (Phi) is 5.51. The Balaban J connectivity index is 2.13. The van der Waals surface area contributed by atoms with Crippen molar-refractivity contribution in [3.8, 4) is 11.5 Å². The van der Waals surface area contributed by atoms with E-state index < -0.39 is 0 Å². The van der Waals surface area contributed by atoms with Gasteiger partial charge in [-0.05, 0) is 42.4 Å². The van der Waals surface area contributed by atoms with Crippen molar-refractivity contribution in [3.05, 3.63) is 34.9 Å². The fraction of sp³-hybridized carbons (Fsp3) is 0.357. The second-order valence-corrected chi connectivity index (χ2v) is 4.75. The summed E-state index contributed by atoms with van der Waals surface area (Å²) in [6.07, 6.45) is 5.31. The van der Waals surface area contributed by atoms with E-state index >= 15 is 0 Å². The van der Waals surface area contributed by atoms with E-state index in [0.29, 0.717) is 17.1 Å². The molecule has 1 aromatic carbocycles. The maximum Gasteiger partial charge on any atom is 0.216 e. The lowest BCUT2D eigenvalue weighted by atomic mass is 10.2. The first-order valence-electron chi connectivity index (χ1n) is 6.71. The van der Waals surface area contributed by atoms with Crippen LogP contribution >= 0.6 is 12.2 Å². The first kappa shape index (κ1) is 15.2. The number of nitrogens with zero attached hydrogens (tertiary/aromatic N) is 3. The molecule has 0 aliphatic heterocycles. The lowest BCUT2D eigenvalue weighted by Crippen LogP contribution is -1.99. The van der Waals surface area contributed by atoms with Gasteiger partial charge in [0.25, 0.3) is 0 Å². The predicted molar refractivity (Wildman–Crippen MR) is 83.8 cm³/mol. The number of ether oxygens (including phenoxy) is 2. The molecule has 0 amide bonds. The molecule has 6 nitrogen and oxygen atoms in total. The first-order valence-corrected chi connectivity index (χ1v) is 7.12. The summed E-state index contributed by atoms with van der Waals surface area (Å²) in [5, 5.41) is 10.6. The lowest BCUT2D eigenvalue weighted by molar-refractivity contribution is 0.288. The highest BCUT2D eigenvalue weighted by Gasteiger charge is 2.04. The molecule has 1 heterocycles. The number of hydrogen-bond acceptors (Lipinski definition) is 5. The number of aromatic nitrogens is 3. The van der Waals surface area contributed by atoms with Crippen LogP contribution in [0.4, 0.5) is 0 Å². The van der Waals surface area contributed by atoms with E-state index in [0.717, 1.165) is 24.2 Å². The van der Waals surface area contributed by atoms with Gasteiger partial charge in [-0.2, -0.15) is 14.9 Å². The van der Waals surface area contributed by atoms with Gasteiger partial charge in [-0.1, -0.05) is 13.3 Å². The molecule has 0 saturated heterocycles. The third-order valence-electron chi connectivity index (χ3n) is 2.81. The number of aromatic amines is 1. The van der Waals surface area contributed by atoms with Gasteiger partial charge in [0.2, 0.25) is 4.77 Å². The van der Waals surface area contributed by atoms with Gasteiger partial charge in [-0.3, -0.25) is 5.10 Å². The van der Waals surface area contributed by atoms with Crippen LogP contribution in [0.15, 0.2) is 29.6 Å². The molecular formula is C14H18N4O2S. The molecule has 2 aromatic rings. The smallest absolute Gasteiger partial charge is 0.216 e. The molecule has 1 aromatic heterocycles. The summed E-state index contributed by atoms with van der Waals surface area (Å²) < 4.78 is 13.0. The number of unbranched alkanes of at least 4 members (excludes halogenated alkanes) is 1. The summed E-state index contributed by atoms with van der Waals surface area (Å²) in [5.74, 6) is 1.42. The minimum atomic E-state index is 0.442. The van der Waals surface area contributed by atoms with E-state index in [4.69, 9.17) is 21.7 Å². The Morgan fingerprint density at radius 3 is 2.95 bits per heavy atom. The summed E-state index contributed by atoms with van der Waals surface area (Å²) in [6.45, 7) is 2.81. The quantitative estimate of drug-likeness (QED) is 0.485. The van der Waals surface area contributed by atoms with Crippen molar-refractivity contribution >= 4 is 18.4 Å². The summed E-state index contributed by atoms with van der Waals surface area (Å²) in [7, 11) is 1.62. The molecule has 2 rings (SSSR count). The van der Waals surface area contributed by atoms with Crippen molar-refractivity contribution in [2.45, 2.75) is 19.8 Å². The Morgan fingerprint density at radius 1 is 1.43 bits per heavy atom. The normalized spacial score (nSPS) is 11.0. The van der Waals surface area contributed by atoms with Crippen LogP contribution in [0.5, 0.6) is 11.5 Å². The van der Waals surface area contributed by atoms with Crippen LogP contribution in [0, 0.1) is 4.77 Å². The third kappa shape index (κ3) is 4.16. The monoisotopic (exact) mass is 306 g/mol. The molecule has 0 fully saturated rings. The summed E-state index contributed by atoms with van der Waals surface area (Å²) >= 11 is 5.02. The molecule has 0 aliphatic rings. The van der Waals surface area contributed by atoms with Crippen LogP contribution in [0.25, 0.3) is 0 Å². The van der Waals surface area contributed by atoms with Crippen molar-refractivity contribution in [2.24, 2.45) is 5.10 Å². The zero-order valence-corrected chi connectivity index (χ0v) is 12.9. The van der Waals surface area contributed by atoms with Crippen LogP contribution in [-0.4, -0.2) is 34.8 Å². The van der Waals surface area contributed by atoms with Gasteiger partial charge in [0.05, 0.1) is 19.9 Å². The van der Waals surface area contributed by atoms with Crippen LogP contribution < -0.4 is 9.47 Å². The van der Waals surface area contributed by atoms with Gasteiger partial charge in [0, 0.05) is 0 Å². The van der Waals surface area contributed by atoms with Crippen molar-refractivity contribution < 1.29 is 9.47 Å². The molecule has 0 atom stereocenters. The van der Waals surface area contributed by atoms with E-state index in [-0.39, 0.29) is 0 Å². The average molecular weight is 306 g/mol. The van der Waals surface area contributed by atoms with Crippen molar-refractivity contribution in [2.75, 3.05) is 13.7 Å². The minimum Gasteiger partial charge on any atom is -0.493 e. The number of methoxy groups -OCH3 is 1. The highest BCUT2D eigenvalue weighted by molar-refractivity contribution is 7.71. The SMILES string of the molecule is CCCCOc1ccc(/C=N/n2cn[nH]c2=S)cc1OC. The van der Waals surface area contributed by atoms with Gasteiger partial charge >= 0.3 is 0 Å². The van der Waals surface area contributed by atoms with Crippen LogP contribution in [0.3, 0.4) is 0 Å². The van der Waals surface area contributed by atoms with Crippen LogP contribution in [0.2, 0.25) is 0 Å². The van der Waals surface area contributed by atoms with Crippen LogP contribution in [0.1, 0.15) is 25.3 Å². The molecule has 0 unspecified atom stereocenters. The largest absolute Gasteiger partial charge is 0.493 e. The van der Waals surface area contributed by atoms with E-state index in [1.165, 1.54) is 11.0 Å². The molecule has 0 saturated carbocycles. The minimum absolute atomic E-state index is 0.442. The second kappa shape index (κ2) is 7.58. The maximum atomic E-state index is 5.69. The first-order chi connectivity index (χ1) is 10.2. The Bertz CT molecular complexity index is 663. The van der Waals surface area contributed by atoms with Gasteiger partial charge < -0.3 is 9.47 Å². The fourth-order valence-electron chi connectivity index (χ4n) is 1.66. The summed E-state index contributed by atoms with van der Waals surface area (Å²) in [6, 6.07) is 5.66. The van der Waals surface area contributed by atoms with Crippen molar-refractivity contribution in [1.29, 1.82) is 0 Å². The number of nitrogens with one attached hydrogen (secondary N) is 1. The van der Waals surface area contributed by atoms with E-state index in [1.54, 1.807) is 13.3 Å². The van der Waals surface area contributed by atoms with Gasteiger partial charge in [-0.25, -0.2) is 0 Å². The molecule has 0 bridgehead atoms. The Hall–Kier alpha value is -2.15. The summed E-state index contributed by atoms with van der Waals surface area (Å²) in [4.78, 5) is 0. The Morgan fingerprint density at radius 2 is 2.29 bits per heavy atom. The third-order valence-corrected chi connectivity index (χ3v) is 3.09. The van der Waals surface area contributed by atoms with E-state index in [9.17, 15) is 0 Å². The average Bonchev–Trinajstić information content (AvgIpc) is 2.91. The second-order valence-electron chi connectivity index (χ2n) is 4.36. The summed E-state index contributed by atoms with van der Waals surface area (Å²) in [5.41, 5.74) is 0.887. The zero-order valence-electron chi connectivity index (χ0n) is 12.1. The van der Waals surface area contributed by atoms with Gasteiger partial charge in [0.1, 0.15) is 6.33 Å². The molecule has 21 heavy (non-hydrogen) atoms. The topological polar surface area (TPSA) is 64.4 Å². The van der Waals surface area contributed by atoms with E-state index in [1.807, 2.05) is 18.2 Å². The van der Waals surface area contributed by atoms with E-state index in [2.05, 4.69) is 22.2 Å². The predicted octanol–water partition coefficient (Wildman–Crippen LogP) is 3.01. The molecule has 0 aliphatic carbocycles.